The number of hydrogen-bond donors (Lipinski definition) is 1. The first kappa shape index (κ1) is 10.3. The monoisotopic (exact) mass is 204 g/mol. The zero-order valence-electron chi connectivity index (χ0n) is 6.85. The van der Waals surface area contributed by atoms with Gasteiger partial charge in [0.1, 0.15) is 6.54 Å². The molecule has 76 valence electrons. The van der Waals surface area contributed by atoms with Crippen LogP contribution in [0.4, 0.5) is 8.78 Å². The summed E-state index contributed by atoms with van der Waals surface area (Å²) in [5.41, 5.74) is -0.909. The van der Waals surface area contributed by atoms with Crippen LogP contribution >= 0.6 is 0 Å². The predicted octanol–water partition coefficient (Wildman–Crippen LogP) is -0.0368. The van der Waals surface area contributed by atoms with Gasteiger partial charge in [0.2, 0.25) is 0 Å². The molecule has 0 saturated carbocycles. The van der Waals surface area contributed by atoms with Gasteiger partial charge in [-0.05, 0) is 6.07 Å². The normalized spacial score (nSPS) is 11.3. The largest absolute Gasteiger partial charge is 0.477 e. The Morgan fingerprint density at radius 1 is 1.64 bits per heavy atom. The van der Waals surface area contributed by atoms with Crippen molar-refractivity contribution in [2.24, 2.45) is 0 Å². The molecule has 1 rings (SSSR count). The van der Waals surface area contributed by atoms with Gasteiger partial charge in [-0.2, -0.15) is 8.78 Å². The molecule has 0 bridgehead atoms. The summed E-state index contributed by atoms with van der Waals surface area (Å²) in [6.07, 6.45) is 2.18. The maximum absolute atomic E-state index is 12.6. The second-order valence-corrected chi connectivity index (χ2v) is 2.54. The molecule has 5 nitrogen and oxygen atoms in total. The van der Waals surface area contributed by atoms with Crippen molar-refractivity contribution < 1.29 is 18.7 Å². The van der Waals surface area contributed by atoms with Crippen molar-refractivity contribution in [3.05, 3.63) is 28.9 Å². The molecule has 0 saturated heterocycles. The van der Waals surface area contributed by atoms with Crippen molar-refractivity contribution in [3.8, 4) is 0 Å². The first-order valence-corrected chi connectivity index (χ1v) is 3.56. The summed E-state index contributed by atoms with van der Waals surface area (Å²) in [7, 11) is 0. The highest BCUT2D eigenvalue weighted by molar-refractivity contribution is 5.75. The van der Waals surface area contributed by atoms with E-state index in [1.807, 2.05) is 0 Å². The number of rotatable bonds is 3. The summed E-state index contributed by atoms with van der Waals surface area (Å²) in [5.74, 6) is -6.24. The minimum atomic E-state index is -3.97. The SMILES string of the molecule is O=C(O)C(F)(F)Cn1cccnc1=O. The smallest absolute Gasteiger partial charge is 0.376 e. The summed E-state index contributed by atoms with van der Waals surface area (Å²) >= 11 is 0. The third-order valence-electron chi connectivity index (χ3n) is 1.46. The maximum atomic E-state index is 12.6. The van der Waals surface area contributed by atoms with E-state index in [4.69, 9.17) is 5.11 Å². The number of aliphatic carboxylic acids is 1. The van der Waals surface area contributed by atoms with Gasteiger partial charge in [-0.3, -0.25) is 4.57 Å². The molecule has 0 fully saturated rings. The Hall–Kier alpha value is -1.79. The van der Waals surface area contributed by atoms with Crippen molar-refractivity contribution in [1.29, 1.82) is 0 Å². The topological polar surface area (TPSA) is 72.2 Å². The highest BCUT2D eigenvalue weighted by Gasteiger charge is 2.39. The molecule has 0 aromatic carbocycles. The fraction of sp³-hybridized carbons (Fsp3) is 0.286. The molecule has 0 atom stereocenters. The number of alkyl halides is 2. The molecule has 0 amide bonds. The van der Waals surface area contributed by atoms with E-state index in [0.717, 1.165) is 12.4 Å². The predicted molar refractivity (Wildman–Crippen MR) is 41.1 cm³/mol. The molecule has 0 spiro atoms. The lowest BCUT2D eigenvalue weighted by Crippen LogP contribution is -2.37. The number of carboxylic acid groups (broad SMARTS) is 1. The van der Waals surface area contributed by atoms with E-state index in [1.165, 1.54) is 6.07 Å². The van der Waals surface area contributed by atoms with Gasteiger partial charge in [0, 0.05) is 12.4 Å². The van der Waals surface area contributed by atoms with Crippen LogP contribution in [0.5, 0.6) is 0 Å². The number of carboxylic acids is 1. The average molecular weight is 204 g/mol. The Morgan fingerprint density at radius 2 is 2.29 bits per heavy atom. The summed E-state index contributed by atoms with van der Waals surface area (Å²) in [5, 5.41) is 8.11. The molecule has 0 unspecified atom stereocenters. The Morgan fingerprint density at radius 3 is 2.79 bits per heavy atom. The molecule has 1 N–H and O–H groups in total. The zero-order chi connectivity index (χ0) is 10.8. The molecule has 7 heteroatoms. The Labute approximate surface area is 76.6 Å². The van der Waals surface area contributed by atoms with Crippen LogP contribution in [0, 0.1) is 0 Å². The fourth-order valence-electron chi connectivity index (χ4n) is 0.789. The summed E-state index contributed by atoms with van der Waals surface area (Å²) in [6.45, 7) is -1.21. The molecule has 1 aromatic heterocycles. The van der Waals surface area contributed by atoms with Crippen LogP contribution in [-0.4, -0.2) is 26.5 Å². The van der Waals surface area contributed by atoms with E-state index >= 15 is 0 Å². The van der Waals surface area contributed by atoms with E-state index in [9.17, 15) is 18.4 Å². The molecule has 0 aliphatic rings. The molecular weight excluding hydrogens is 198 g/mol. The van der Waals surface area contributed by atoms with Gasteiger partial charge >= 0.3 is 17.6 Å². The Kier molecular flexibility index (Phi) is 2.59. The molecule has 0 aliphatic heterocycles. The van der Waals surface area contributed by atoms with E-state index in [2.05, 4.69) is 4.98 Å². The summed E-state index contributed by atoms with van der Waals surface area (Å²) in [4.78, 5) is 24.1. The first-order valence-electron chi connectivity index (χ1n) is 3.56. The molecular formula is C7H6F2N2O3. The molecule has 1 aromatic rings. The van der Waals surface area contributed by atoms with E-state index in [-0.39, 0.29) is 0 Å². The highest BCUT2D eigenvalue weighted by Crippen LogP contribution is 2.14. The van der Waals surface area contributed by atoms with Gasteiger partial charge in [0.25, 0.3) is 0 Å². The van der Waals surface area contributed by atoms with Gasteiger partial charge in [0.15, 0.2) is 0 Å². The van der Waals surface area contributed by atoms with Gasteiger partial charge < -0.3 is 5.11 Å². The quantitative estimate of drug-likeness (QED) is 0.749. The Bertz CT molecular complexity index is 402. The summed E-state index contributed by atoms with van der Waals surface area (Å²) in [6, 6.07) is 1.26. The van der Waals surface area contributed by atoms with Crippen molar-refractivity contribution in [1.82, 2.24) is 9.55 Å². The lowest BCUT2D eigenvalue weighted by molar-refractivity contribution is -0.166. The number of carbonyl (C=O) groups is 1. The first-order chi connectivity index (χ1) is 6.43. The number of hydrogen-bond acceptors (Lipinski definition) is 3. The minimum Gasteiger partial charge on any atom is -0.477 e. The highest BCUT2D eigenvalue weighted by atomic mass is 19.3. The van der Waals surface area contributed by atoms with Gasteiger partial charge in [-0.1, -0.05) is 0 Å². The van der Waals surface area contributed by atoms with Crippen LogP contribution in [-0.2, 0) is 11.3 Å². The van der Waals surface area contributed by atoms with Crippen LogP contribution in [0.2, 0.25) is 0 Å². The van der Waals surface area contributed by atoms with Crippen LogP contribution in [0.15, 0.2) is 23.3 Å². The third kappa shape index (κ3) is 2.12. The lowest BCUT2D eigenvalue weighted by Gasteiger charge is -2.11. The zero-order valence-corrected chi connectivity index (χ0v) is 6.85. The third-order valence-corrected chi connectivity index (χ3v) is 1.46. The second kappa shape index (κ2) is 3.52. The number of halogens is 2. The van der Waals surface area contributed by atoms with Crippen LogP contribution in [0.25, 0.3) is 0 Å². The van der Waals surface area contributed by atoms with Crippen molar-refractivity contribution in [3.63, 3.8) is 0 Å². The number of nitrogens with zero attached hydrogens (tertiary/aromatic N) is 2. The minimum absolute atomic E-state index is 0.536. The van der Waals surface area contributed by atoms with Crippen molar-refractivity contribution >= 4 is 5.97 Å². The van der Waals surface area contributed by atoms with Crippen molar-refractivity contribution in [2.45, 2.75) is 12.5 Å². The van der Waals surface area contributed by atoms with Crippen LogP contribution in [0.1, 0.15) is 0 Å². The van der Waals surface area contributed by atoms with Gasteiger partial charge in [0.05, 0.1) is 0 Å². The van der Waals surface area contributed by atoms with Gasteiger partial charge in [-0.25, -0.2) is 14.6 Å². The Balaban J connectivity index is 2.95. The standard InChI is InChI=1S/C7H6F2N2O3/c8-7(9,5(12)13)4-11-3-1-2-10-6(11)14/h1-3H,4H2,(H,12,13). The fourth-order valence-corrected chi connectivity index (χ4v) is 0.789. The van der Waals surface area contributed by atoms with Crippen LogP contribution < -0.4 is 5.69 Å². The maximum Gasteiger partial charge on any atom is 0.376 e. The van der Waals surface area contributed by atoms with E-state index in [1.54, 1.807) is 0 Å². The molecule has 14 heavy (non-hydrogen) atoms. The van der Waals surface area contributed by atoms with Crippen molar-refractivity contribution in [2.75, 3.05) is 0 Å². The van der Waals surface area contributed by atoms with Crippen LogP contribution in [0.3, 0.4) is 0 Å². The molecule has 1 heterocycles. The van der Waals surface area contributed by atoms with Gasteiger partial charge in [-0.15, -0.1) is 0 Å². The lowest BCUT2D eigenvalue weighted by atomic mass is 10.3. The average Bonchev–Trinajstić information content (AvgIpc) is 2.08. The summed E-state index contributed by atoms with van der Waals surface area (Å²) < 4.78 is 25.8. The second-order valence-electron chi connectivity index (χ2n) is 2.54. The van der Waals surface area contributed by atoms with E-state index < -0.39 is 24.1 Å². The van der Waals surface area contributed by atoms with E-state index in [0.29, 0.717) is 4.57 Å². The molecule has 0 aliphatic carbocycles. The molecule has 0 radical (unpaired) electrons. The number of aromatic nitrogens is 2.